The molecule has 0 saturated heterocycles. The Bertz CT molecular complexity index is 271. The molecule has 80 valence electrons. The van der Waals surface area contributed by atoms with Gasteiger partial charge in [-0.2, -0.15) is 11.8 Å². The molecule has 0 bridgehead atoms. The monoisotopic (exact) mass is 230 g/mol. The van der Waals surface area contributed by atoms with Gasteiger partial charge >= 0.3 is 0 Å². The number of rotatable bonds is 5. The van der Waals surface area contributed by atoms with E-state index in [4.69, 9.17) is 5.73 Å². The third-order valence-corrected chi connectivity index (χ3v) is 3.72. The molecule has 1 aromatic heterocycles. The van der Waals surface area contributed by atoms with E-state index < -0.39 is 0 Å². The Morgan fingerprint density at radius 2 is 2.29 bits per heavy atom. The van der Waals surface area contributed by atoms with Crippen LogP contribution in [0.4, 0.5) is 0 Å². The molecule has 4 heteroatoms. The molecule has 0 amide bonds. The van der Waals surface area contributed by atoms with E-state index in [2.05, 4.69) is 30.5 Å². The van der Waals surface area contributed by atoms with Gasteiger partial charge in [-0.3, -0.25) is 0 Å². The molecule has 0 fully saturated rings. The maximum atomic E-state index is 6.03. The minimum absolute atomic E-state index is 0.125. The Morgan fingerprint density at radius 1 is 1.57 bits per heavy atom. The predicted octanol–water partition coefficient (Wildman–Crippen LogP) is 3.02. The fraction of sp³-hybridized carbons (Fsp3) is 0.700. The molecule has 0 aliphatic carbocycles. The molecule has 1 rings (SSSR count). The second kappa shape index (κ2) is 5.73. The van der Waals surface area contributed by atoms with E-state index in [0.29, 0.717) is 5.92 Å². The number of aromatic nitrogens is 1. The van der Waals surface area contributed by atoms with Crippen LogP contribution in [0.5, 0.6) is 0 Å². The largest absolute Gasteiger partial charge is 0.322 e. The summed E-state index contributed by atoms with van der Waals surface area (Å²) in [5, 5.41) is 3.21. The van der Waals surface area contributed by atoms with Crippen molar-refractivity contribution in [1.29, 1.82) is 0 Å². The molecule has 0 aromatic carbocycles. The van der Waals surface area contributed by atoms with E-state index in [0.717, 1.165) is 17.2 Å². The van der Waals surface area contributed by atoms with Crippen molar-refractivity contribution in [2.45, 2.75) is 32.2 Å². The lowest BCUT2D eigenvalue weighted by Crippen LogP contribution is -2.11. The van der Waals surface area contributed by atoms with Gasteiger partial charge in [0.1, 0.15) is 5.01 Å². The average Bonchev–Trinajstić information content (AvgIpc) is 2.62. The van der Waals surface area contributed by atoms with Crippen molar-refractivity contribution in [1.82, 2.24) is 4.98 Å². The average molecular weight is 230 g/mol. The van der Waals surface area contributed by atoms with Gasteiger partial charge in [-0.1, -0.05) is 13.8 Å². The van der Waals surface area contributed by atoms with E-state index >= 15 is 0 Å². The second-order valence-corrected chi connectivity index (χ2v) is 5.53. The molecule has 0 aliphatic rings. The van der Waals surface area contributed by atoms with E-state index in [9.17, 15) is 0 Å². The van der Waals surface area contributed by atoms with Gasteiger partial charge in [-0.05, 0) is 24.3 Å². The lowest BCUT2D eigenvalue weighted by molar-refractivity contribution is 0.690. The lowest BCUT2D eigenvalue weighted by atomic mass is 10.2. The summed E-state index contributed by atoms with van der Waals surface area (Å²) in [4.78, 5) is 4.55. The quantitative estimate of drug-likeness (QED) is 0.845. The molecular weight excluding hydrogens is 212 g/mol. The summed E-state index contributed by atoms with van der Waals surface area (Å²) < 4.78 is 0. The van der Waals surface area contributed by atoms with Crippen LogP contribution in [0.25, 0.3) is 0 Å². The maximum Gasteiger partial charge on any atom is 0.110 e. The maximum absolute atomic E-state index is 6.03. The van der Waals surface area contributed by atoms with Crippen LogP contribution in [0.15, 0.2) is 5.38 Å². The first-order valence-electron chi connectivity index (χ1n) is 4.85. The van der Waals surface area contributed by atoms with Crippen molar-refractivity contribution >= 4 is 23.1 Å². The van der Waals surface area contributed by atoms with Crippen LogP contribution >= 0.6 is 23.1 Å². The normalized spacial score (nSPS) is 13.5. The smallest absolute Gasteiger partial charge is 0.110 e. The highest BCUT2D eigenvalue weighted by Gasteiger charge is 2.11. The molecule has 1 aromatic rings. The van der Waals surface area contributed by atoms with Crippen molar-refractivity contribution < 1.29 is 0 Å². The zero-order valence-electron chi connectivity index (χ0n) is 8.99. The van der Waals surface area contributed by atoms with Crippen molar-refractivity contribution in [2.24, 2.45) is 5.73 Å². The number of hydrogen-bond acceptors (Lipinski definition) is 4. The second-order valence-electron chi connectivity index (χ2n) is 3.65. The van der Waals surface area contributed by atoms with Gasteiger partial charge in [0.15, 0.2) is 0 Å². The Kier molecular flexibility index (Phi) is 4.92. The molecule has 0 spiro atoms. The molecule has 0 aliphatic heterocycles. The molecule has 1 heterocycles. The van der Waals surface area contributed by atoms with Crippen LogP contribution in [0.2, 0.25) is 0 Å². The summed E-state index contributed by atoms with van der Waals surface area (Å²) in [6.07, 6.45) is 3.13. The summed E-state index contributed by atoms with van der Waals surface area (Å²) in [6.45, 7) is 4.32. The van der Waals surface area contributed by atoms with E-state index in [1.165, 1.54) is 5.69 Å². The van der Waals surface area contributed by atoms with Crippen LogP contribution in [0.3, 0.4) is 0 Å². The Labute approximate surface area is 94.3 Å². The van der Waals surface area contributed by atoms with Crippen molar-refractivity contribution in [3.63, 3.8) is 0 Å². The number of hydrogen-bond donors (Lipinski definition) is 1. The zero-order valence-corrected chi connectivity index (χ0v) is 10.6. The highest BCUT2D eigenvalue weighted by Crippen LogP contribution is 2.23. The molecule has 1 atom stereocenters. The Hall–Kier alpha value is -0.0600. The van der Waals surface area contributed by atoms with Gasteiger partial charge in [0.25, 0.3) is 0 Å². The molecule has 0 radical (unpaired) electrons. The van der Waals surface area contributed by atoms with Crippen molar-refractivity contribution in [2.75, 3.05) is 12.0 Å². The van der Waals surface area contributed by atoms with Gasteiger partial charge in [0.2, 0.25) is 0 Å². The minimum atomic E-state index is 0.125. The lowest BCUT2D eigenvalue weighted by Gasteiger charge is -2.06. The highest BCUT2D eigenvalue weighted by atomic mass is 32.2. The SMILES string of the molecule is CSCCC(N)c1nc(C(C)C)cs1. The first-order chi connectivity index (χ1) is 6.65. The predicted molar refractivity (Wildman–Crippen MR) is 66.1 cm³/mol. The van der Waals surface area contributed by atoms with Crippen molar-refractivity contribution in [3.05, 3.63) is 16.1 Å². The Morgan fingerprint density at radius 3 is 2.79 bits per heavy atom. The number of thiazole rings is 1. The number of nitrogens with two attached hydrogens (primary N) is 1. The molecule has 2 N–H and O–H groups in total. The fourth-order valence-electron chi connectivity index (χ4n) is 1.10. The third-order valence-electron chi connectivity index (χ3n) is 2.08. The van der Waals surface area contributed by atoms with Gasteiger partial charge in [0, 0.05) is 5.38 Å². The third kappa shape index (κ3) is 3.26. The molecule has 2 nitrogen and oxygen atoms in total. The molecule has 14 heavy (non-hydrogen) atoms. The molecular formula is C10H18N2S2. The number of nitrogens with zero attached hydrogens (tertiary/aromatic N) is 1. The first-order valence-corrected chi connectivity index (χ1v) is 7.12. The summed E-state index contributed by atoms with van der Waals surface area (Å²) in [5.41, 5.74) is 7.20. The minimum Gasteiger partial charge on any atom is -0.322 e. The number of thioether (sulfide) groups is 1. The van der Waals surface area contributed by atoms with Crippen LogP contribution in [0, 0.1) is 0 Å². The summed E-state index contributed by atoms with van der Waals surface area (Å²) >= 11 is 3.53. The van der Waals surface area contributed by atoms with Crippen LogP contribution in [-0.4, -0.2) is 17.0 Å². The standard InChI is InChI=1S/C10H18N2S2/c1-7(2)9-6-14-10(12-9)8(11)4-5-13-3/h6-8H,4-5,11H2,1-3H3. The van der Waals surface area contributed by atoms with Crippen LogP contribution in [-0.2, 0) is 0 Å². The fourth-order valence-corrected chi connectivity index (χ4v) is 2.61. The Balaban J connectivity index is 2.57. The zero-order chi connectivity index (χ0) is 10.6. The van der Waals surface area contributed by atoms with Gasteiger partial charge < -0.3 is 5.73 Å². The summed E-state index contributed by atoms with van der Waals surface area (Å²) in [5.74, 6) is 1.62. The summed E-state index contributed by atoms with van der Waals surface area (Å²) in [7, 11) is 0. The first kappa shape index (κ1) is 12.0. The van der Waals surface area contributed by atoms with E-state index in [-0.39, 0.29) is 6.04 Å². The highest BCUT2D eigenvalue weighted by molar-refractivity contribution is 7.98. The topological polar surface area (TPSA) is 38.9 Å². The summed E-state index contributed by atoms with van der Waals surface area (Å²) in [6, 6.07) is 0.125. The van der Waals surface area contributed by atoms with E-state index in [1.807, 2.05) is 11.8 Å². The molecule has 1 unspecified atom stereocenters. The van der Waals surface area contributed by atoms with E-state index in [1.54, 1.807) is 11.3 Å². The van der Waals surface area contributed by atoms with Crippen LogP contribution < -0.4 is 5.73 Å². The van der Waals surface area contributed by atoms with Gasteiger partial charge in [-0.15, -0.1) is 11.3 Å². The van der Waals surface area contributed by atoms with Gasteiger partial charge in [0.05, 0.1) is 11.7 Å². The van der Waals surface area contributed by atoms with Crippen LogP contribution in [0.1, 0.15) is 42.9 Å². The van der Waals surface area contributed by atoms with Crippen molar-refractivity contribution in [3.8, 4) is 0 Å². The van der Waals surface area contributed by atoms with Gasteiger partial charge in [-0.25, -0.2) is 4.98 Å². The molecule has 0 saturated carbocycles.